The van der Waals surface area contributed by atoms with E-state index < -0.39 is 70.9 Å². The number of nitrogens with one attached hydrogen (secondary N) is 3. The summed E-state index contributed by atoms with van der Waals surface area (Å²) in [5.74, 6) is -2.93. The van der Waals surface area contributed by atoms with Crippen LogP contribution in [0, 0.1) is 17.6 Å². The third-order valence-electron chi connectivity index (χ3n) is 10.2. The molecule has 1 saturated carbocycles. The van der Waals surface area contributed by atoms with Gasteiger partial charge in [-0.2, -0.15) is 5.48 Å². The molecule has 4 aliphatic rings. The van der Waals surface area contributed by atoms with E-state index in [1.807, 2.05) is 0 Å². The fourth-order valence-electron chi connectivity index (χ4n) is 7.48. The number of benzene rings is 2. The predicted molar refractivity (Wildman–Crippen MR) is 186 cm³/mol. The molecule has 3 N–H and O–H groups in total. The van der Waals surface area contributed by atoms with Crippen LogP contribution in [0.1, 0.15) is 89.7 Å². The monoisotopic (exact) mass is 739 g/mol. The molecule has 0 spiro atoms. The molecule has 3 aliphatic heterocycles. The first-order chi connectivity index (χ1) is 25.2. The number of fused-ring (bicyclic) bond motifs is 3. The maximum Gasteiger partial charge on any atom is 0.410 e. The van der Waals surface area contributed by atoms with Crippen LogP contribution >= 0.6 is 0 Å². The number of carbonyl (C=O) groups excluding carboxylic acids is 5. The van der Waals surface area contributed by atoms with E-state index in [2.05, 4.69) is 16.1 Å². The van der Waals surface area contributed by atoms with Crippen molar-refractivity contribution in [3.63, 3.8) is 0 Å². The zero-order valence-corrected chi connectivity index (χ0v) is 30.3. The fraction of sp³-hybridized carbons (Fsp3) is 0.553. The molecule has 286 valence electrons. The molecule has 15 heteroatoms. The standard InChI is InChI=1S/C38H47F2N5O8/c1-37(2,3)52-35(49)41-30-16-8-6-4-5-7-12-24-19-38(24,34(48)43-53-26-14-10-13-25(39)17-26)42-32(46)31-18-27(21-45(31)33(30)47)51-36(50)44-20-23-11-9-15-29(40)28(23)22-44/h9-11,13-15,17,24,27,30-31H,4-8,12,16,18-22H2,1-3H3,(H,41,49)(H,42,46)(H,43,48)/t24-,27-,30+,31+,38-/m1/s1. The Kier molecular flexibility index (Phi) is 11.1. The zero-order valence-electron chi connectivity index (χ0n) is 30.3. The van der Waals surface area contributed by atoms with Gasteiger partial charge < -0.3 is 29.8 Å². The molecule has 3 heterocycles. The maximum atomic E-state index is 14.4. The average Bonchev–Trinajstić information content (AvgIpc) is 3.39. The Hall–Kier alpha value is -4.95. The Labute approximate surface area is 307 Å². The fourth-order valence-corrected chi connectivity index (χ4v) is 7.48. The van der Waals surface area contributed by atoms with Gasteiger partial charge in [-0.15, -0.1) is 0 Å². The van der Waals surface area contributed by atoms with Gasteiger partial charge in [-0.05, 0) is 69.7 Å². The molecule has 2 saturated heterocycles. The normalized spacial score (nSPS) is 26.1. The lowest BCUT2D eigenvalue weighted by Crippen LogP contribution is -2.58. The van der Waals surface area contributed by atoms with Gasteiger partial charge in [0.15, 0.2) is 5.75 Å². The van der Waals surface area contributed by atoms with Crippen molar-refractivity contribution in [1.29, 1.82) is 0 Å². The van der Waals surface area contributed by atoms with E-state index in [0.29, 0.717) is 30.4 Å². The number of hydrogen-bond donors (Lipinski definition) is 3. The summed E-state index contributed by atoms with van der Waals surface area (Å²) in [6.07, 6.45) is 2.70. The lowest BCUT2D eigenvalue weighted by atomic mass is 10.0. The summed E-state index contributed by atoms with van der Waals surface area (Å²) in [6, 6.07) is 7.68. The first-order valence-corrected chi connectivity index (χ1v) is 18.3. The van der Waals surface area contributed by atoms with Crippen LogP contribution < -0.4 is 21.0 Å². The van der Waals surface area contributed by atoms with Crippen molar-refractivity contribution >= 4 is 29.9 Å². The minimum atomic E-state index is -1.35. The van der Waals surface area contributed by atoms with Crippen molar-refractivity contribution in [2.75, 3.05) is 6.54 Å². The number of nitrogens with zero attached hydrogens (tertiary/aromatic N) is 2. The number of ether oxygens (including phenoxy) is 2. The van der Waals surface area contributed by atoms with Gasteiger partial charge in [-0.3, -0.25) is 19.3 Å². The molecule has 0 unspecified atom stereocenters. The third-order valence-corrected chi connectivity index (χ3v) is 10.2. The molecule has 53 heavy (non-hydrogen) atoms. The highest BCUT2D eigenvalue weighted by molar-refractivity contribution is 5.98. The van der Waals surface area contributed by atoms with Gasteiger partial charge in [0.05, 0.1) is 13.1 Å². The van der Waals surface area contributed by atoms with Crippen LogP contribution in [0.3, 0.4) is 0 Å². The number of alkyl carbamates (subject to hydrolysis) is 1. The minimum absolute atomic E-state index is 0.0126. The number of rotatable bonds is 5. The molecule has 3 fully saturated rings. The summed E-state index contributed by atoms with van der Waals surface area (Å²) in [7, 11) is 0. The van der Waals surface area contributed by atoms with E-state index in [9.17, 15) is 32.8 Å². The van der Waals surface area contributed by atoms with Gasteiger partial charge in [0, 0.05) is 24.6 Å². The molecule has 2 aromatic rings. The van der Waals surface area contributed by atoms with E-state index >= 15 is 0 Å². The van der Waals surface area contributed by atoms with Crippen LogP contribution in [0.25, 0.3) is 0 Å². The van der Waals surface area contributed by atoms with Gasteiger partial charge >= 0.3 is 12.2 Å². The van der Waals surface area contributed by atoms with Gasteiger partial charge in [0.25, 0.3) is 5.91 Å². The van der Waals surface area contributed by atoms with E-state index in [-0.39, 0.29) is 44.1 Å². The Bertz CT molecular complexity index is 1740. The summed E-state index contributed by atoms with van der Waals surface area (Å²) in [6.45, 7) is 5.12. The highest BCUT2D eigenvalue weighted by Crippen LogP contribution is 2.47. The summed E-state index contributed by atoms with van der Waals surface area (Å²) in [5, 5.41) is 5.60. The Morgan fingerprint density at radius 1 is 0.962 bits per heavy atom. The topological polar surface area (TPSA) is 156 Å². The predicted octanol–water partition coefficient (Wildman–Crippen LogP) is 5.01. The second-order valence-corrected chi connectivity index (χ2v) is 15.4. The van der Waals surface area contributed by atoms with Crippen molar-refractivity contribution in [2.24, 2.45) is 5.92 Å². The Balaban J connectivity index is 1.23. The Morgan fingerprint density at radius 3 is 2.43 bits per heavy atom. The smallest absolute Gasteiger partial charge is 0.410 e. The van der Waals surface area contributed by atoms with E-state index in [1.165, 1.54) is 34.1 Å². The molecule has 0 aromatic heterocycles. The maximum absolute atomic E-state index is 14.4. The highest BCUT2D eigenvalue weighted by atomic mass is 19.1. The summed E-state index contributed by atoms with van der Waals surface area (Å²) in [4.78, 5) is 76.6. The minimum Gasteiger partial charge on any atom is -0.444 e. The molecule has 0 bridgehead atoms. The van der Waals surface area contributed by atoms with E-state index in [4.69, 9.17) is 14.3 Å². The van der Waals surface area contributed by atoms with Gasteiger partial charge in [0.1, 0.15) is 41.0 Å². The molecule has 5 amide bonds. The third kappa shape index (κ3) is 8.99. The zero-order chi connectivity index (χ0) is 37.9. The molecule has 6 rings (SSSR count). The molecule has 1 aliphatic carbocycles. The van der Waals surface area contributed by atoms with Crippen molar-refractivity contribution in [2.45, 2.75) is 121 Å². The summed E-state index contributed by atoms with van der Waals surface area (Å²) >= 11 is 0. The van der Waals surface area contributed by atoms with Crippen LogP contribution in [-0.2, 0) is 36.9 Å². The lowest BCUT2D eigenvalue weighted by molar-refractivity contribution is -0.142. The molecule has 13 nitrogen and oxygen atoms in total. The number of halogens is 2. The van der Waals surface area contributed by atoms with Crippen LogP contribution in [0.5, 0.6) is 5.75 Å². The van der Waals surface area contributed by atoms with Crippen molar-refractivity contribution in [3.8, 4) is 5.75 Å². The SMILES string of the molecule is CC(C)(C)OC(=O)N[C@H]1CCCCCCC[C@@H]2C[C@@]2(C(=O)NOc2cccc(F)c2)NC(=O)[C@@H]2C[C@@H](OC(=O)N3Cc4cccc(F)c4C3)CN2C1=O. The highest BCUT2D eigenvalue weighted by Gasteiger charge is 2.62. The largest absolute Gasteiger partial charge is 0.444 e. The van der Waals surface area contributed by atoms with Crippen LogP contribution in [0.15, 0.2) is 42.5 Å². The molecule has 2 aromatic carbocycles. The van der Waals surface area contributed by atoms with Crippen molar-refractivity contribution in [1.82, 2.24) is 25.9 Å². The van der Waals surface area contributed by atoms with E-state index in [1.54, 1.807) is 32.9 Å². The Morgan fingerprint density at radius 2 is 1.70 bits per heavy atom. The summed E-state index contributed by atoms with van der Waals surface area (Å²) in [5.41, 5.74) is 1.26. The van der Waals surface area contributed by atoms with Crippen LogP contribution in [-0.4, -0.2) is 75.6 Å². The number of hydroxylamine groups is 1. The van der Waals surface area contributed by atoms with Crippen LogP contribution in [0.4, 0.5) is 18.4 Å². The second-order valence-electron chi connectivity index (χ2n) is 15.4. The molecule has 5 atom stereocenters. The first-order valence-electron chi connectivity index (χ1n) is 18.3. The lowest BCUT2D eigenvalue weighted by Gasteiger charge is -2.30. The quantitative estimate of drug-likeness (QED) is 0.362. The van der Waals surface area contributed by atoms with Gasteiger partial charge in [-0.1, -0.05) is 50.3 Å². The van der Waals surface area contributed by atoms with Gasteiger partial charge in [0.2, 0.25) is 11.8 Å². The van der Waals surface area contributed by atoms with E-state index in [0.717, 1.165) is 31.7 Å². The number of carbonyl (C=O) groups is 5. The summed E-state index contributed by atoms with van der Waals surface area (Å²) < 4.78 is 39.5. The van der Waals surface area contributed by atoms with Crippen molar-refractivity contribution < 1.29 is 47.1 Å². The number of amides is 5. The average molecular weight is 740 g/mol. The molecular formula is C38H47F2N5O8. The first kappa shape index (κ1) is 37.8. The number of hydrogen-bond acceptors (Lipinski definition) is 8. The molecular weight excluding hydrogens is 692 g/mol. The second kappa shape index (κ2) is 15.6. The molecule has 0 radical (unpaired) electrons. The van der Waals surface area contributed by atoms with Gasteiger partial charge in [-0.25, -0.2) is 18.4 Å². The van der Waals surface area contributed by atoms with Crippen LogP contribution in [0.2, 0.25) is 0 Å². The van der Waals surface area contributed by atoms with Crippen molar-refractivity contribution in [3.05, 3.63) is 65.2 Å².